The molecule has 0 aliphatic rings. The van der Waals surface area contributed by atoms with E-state index in [4.69, 9.17) is 0 Å². The summed E-state index contributed by atoms with van der Waals surface area (Å²) in [6.45, 7) is 2.57. The van der Waals surface area contributed by atoms with Crippen LogP contribution >= 0.6 is 11.8 Å². The van der Waals surface area contributed by atoms with Crippen LogP contribution in [0.5, 0.6) is 0 Å². The first kappa shape index (κ1) is 16.5. The SMILES string of the molecule is Cc1cc(C(=O)NCCSCc2ccccc2)c2ccccc2n1. The Kier molecular flexibility index (Phi) is 5.49. The van der Waals surface area contributed by atoms with Gasteiger partial charge in [0.05, 0.1) is 11.1 Å². The van der Waals surface area contributed by atoms with E-state index in [9.17, 15) is 4.79 Å². The van der Waals surface area contributed by atoms with Gasteiger partial charge in [0.25, 0.3) is 5.91 Å². The van der Waals surface area contributed by atoms with Crippen molar-refractivity contribution in [2.24, 2.45) is 0 Å². The Morgan fingerprint density at radius 3 is 2.67 bits per heavy atom. The van der Waals surface area contributed by atoms with Crippen LogP contribution < -0.4 is 5.32 Å². The lowest BCUT2D eigenvalue weighted by molar-refractivity contribution is 0.0957. The van der Waals surface area contributed by atoms with Crippen molar-refractivity contribution in [2.45, 2.75) is 12.7 Å². The van der Waals surface area contributed by atoms with Gasteiger partial charge in [0, 0.05) is 29.1 Å². The van der Waals surface area contributed by atoms with Gasteiger partial charge in [0.15, 0.2) is 0 Å². The number of para-hydroxylation sites is 1. The Morgan fingerprint density at radius 1 is 1.08 bits per heavy atom. The maximum Gasteiger partial charge on any atom is 0.252 e. The molecule has 0 saturated carbocycles. The van der Waals surface area contributed by atoms with Crippen LogP contribution in [0.15, 0.2) is 60.7 Å². The zero-order chi connectivity index (χ0) is 16.8. The Bertz CT molecular complexity index is 833. The monoisotopic (exact) mass is 336 g/mol. The number of aromatic nitrogens is 1. The highest BCUT2D eigenvalue weighted by Crippen LogP contribution is 2.18. The van der Waals surface area contributed by atoms with E-state index in [2.05, 4.69) is 34.6 Å². The van der Waals surface area contributed by atoms with Crippen molar-refractivity contribution in [1.82, 2.24) is 10.3 Å². The zero-order valence-electron chi connectivity index (χ0n) is 13.7. The molecule has 1 heterocycles. The number of carbonyl (C=O) groups excluding carboxylic acids is 1. The Morgan fingerprint density at radius 2 is 1.83 bits per heavy atom. The molecule has 0 atom stereocenters. The van der Waals surface area contributed by atoms with E-state index in [0.717, 1.165) is 28.1 Å². The van der Waals surface area contributed by atoms with Crippen molar-refractivity contribution >= 4 is 28.6 Å². The van der Waals surface area contributed by atoms with Crippen molar-refractivity contribution < 1.29 is 4.79 Å². The number of amides is 1. The number of aryl methyl sites for hydroxylation is 1. The molecule has 0 saturated heterocycles. The van der Waals surface area contributed by atoms with Gasteiger partial charge in [-0.15, -0.1) is 0 Å². The number of pyridine rings is 1. The molecule has 0 radical (unpaired) electrons. The van der Waals surface area contributed by atoms with Gasteiger partial charge < -0.3 is 5.32 Å². The Hall–Kier alpha value is -2.33. The smallest absolute Gasteiger partial charge is 0.252 e. The fraction of sp³-hybridized carbons (Fsp3) is 0.200. The number of carbonyl (C=O) groups is 1. The fourth-order valence-corrected chi connectivity index (χ4v) is 3.41. The first-order valence-corrected chi connectivity index (χ1v) is 9.16. The minimum Gasteiger partial charge on any atom is -0.351 e. The summed E-state index contributed by atoms with van der Waals surface area (Å²) in [6, 6.07) is 20.0. The molecule has 3 rings (SSSR count). The van der Waals surface area contributed by atoms with Crippen LogP contribution in [-0.2, 0) is 5.75 Å². The van der Waals surface area contributed by atoms with Gasteiger partial charge in [0.1, 0.15) is 0 Å². The highest BCUT2D eigenvalue weighted by Gasteiger charge is 2.11. The quantitative estimate of drug-likeness (QED) is 0.686. The van der Waals surface area contributed by atoms with E-state index in [1.807, 2.05) is 55.1 Å². The normalized spacial score (nSPS) is 10.7. The predicted octanol–water partition coefficient (Wildman–Crippen LogP) is 4.21. The minimum atomic E-state index is -0.0305. The van der Waals surface area contributed by atoms with Crippen molar-refractivity contribution in [3.05, 3.63) is 77.5 Å². The molecule has 0 fully saturated rings. The molecule has 24 heavy (non-hydrogen) atoms. The first-order valence-electron chi connectivity index (χ1n) is 8.00. The second-order valence-corrected chi connectivity index (χ2v) is 6.73. The highest BCUT2D eigenvalue weighted by molar-refractivity contribution is 7.98. The van der Waals surface area contributed by atoms with E-state index in [0.29, 0.717) is 12.1 Å². The molecule has 122 valence electrons. The summed E-state index contributed by atoms with van der Waals surface area (Å²) in [5.74, 6) is 1.83. The number of thioether (sulfide) groups is 1. The number of hydrogen-bond donors (Lipinski definition) is 1. The van der Waals surface area contributed by atoms with Crippen LogP contribution in [0.2, 0.25) is 0 Å². The second-order valence-electron chi connectivity index (χ2n) is 5.62. The zero-order valence-corrected chi connectivity index (χ0v) is 14.5. The molecule has 1 N–H and O–H groups in total. The second kappa shape index (κ2) is 7.97. The van der Waals surface area contributed by atoms with E-state index >= 15 is 0 Å². The summed E-state index contributed by atoms with van der Waals surface area (Å²) < 4.78 is 0. The van der Waals surface area contributed by atoms with Crippen LogP contribution in [0.4, 0.5) is 0 Å². The van der Waals surface area contributed by atoms with Crippen molar-refractivity contribution in [2.75, 3.05) is 12.3 Å². The third-order valence-electron chi connectivity index (χ3n) is 3.73. The van der Waals surface area contributed by atoms with Crippen molar-refractivity contribution in [3.8, 4) is 0 Å². The van der Waals surface area contributed by atoms with Crippen LogP contribution in [0.1, 0.15) is 21.6 Å². The van der Waals surface area contributed by atoms with E-state index in [1.165, 1.54) is 5.56 Å². The molecule has 0 spiro atoms. The minimum absolute atomic E-state index is 0.0305. The average molecular weight is 336 g/mol. The number of nitrogens with one attached hydrogen (secondary N) is 1. The topological polar surface area (TPSA) is 42.0 Å². The average Bonchev–Trinajstić information content (AvgIpc) is 2.61. The standard InChI is InChI=1S/C20H20N2OS/c1-15-13-18(17-9-5-6-10-19(17)22-15)20(23)21-11-12-24-14-16-7-3-2-4-8-16/h2-10,13H,11-12,14H2,1H3,(H,21,23). The van der Waals surface area contributed by atoms with Crippen LogP contribution in [-0.4, -0.2) is 23.2 Å². The maximum absolute atomic E-state index is 12.5. The van der Waals surface area contributed by atoms with Gasteiger partial charge >= 0.3 is 0 Å². The Labute approximate surface area is 146 Å². The lowest BCUT2D eigenvalue weighted by Gasteiger charge is -2.09. The van der Waals surface area contributed by atoms with Gasteiger partial charge in [-0.3, -0.25) is 9.78 Å². The van der Waals surface area contributed by atoms with Crippen molar-refractivity contribution in [1.29, 1.82) is 0 Å². The van der Waals surface area contributed by atoms with Crippen LogP contribution in [0.25, 0.3) is 10.9 Å². The molecule has 0 unspecified atom stereocenters. The van der Waals surface area contributed by atoms with Gasteiger partial charge in [0.2, 0.25) is 0 Å². The summed E-state index contributed by atoms with van der Waals surface area (Å²) in [6.07, 6.45) is 0. The lowest BCUT2D eigenvalue weighted by atomic mass is 10.1. The lowest BCUT2D eigenvalue weighted by Crippen LogP contribution is -2.26. The highest BCUT2D eigenvalue weighted by atomic mass is 32.2. The van der Waals surface area contributed by atoms with Crippen molar-refractivity contribution in [3.63, 3.8) is 0 Å². The molecule has 1 amide bonds. The van der Waals surface area contributed by atoms with E-state index in [-0.39, 0.29) is 5.91 Å². The molecule has 0 bridgehead atoms. The largest absolute Gasteiger partial charge is 0.351 e. The van der Waals surface area contributed by atoms with Gasteiger partial charge in [-0.1, -0.05) is 48.5 Å². The van der Waals surface area contributed by atoms with Crippen LogP contribution in [0, 0.1) is 6.92 Å². The number of benzene rings is 2. The predicted molar refractivity (Wildman–Crippen MR) is 101 cm³/mol. The maximum atomic E-state index is 12.5. The number of rotatable bonds is 6. The molecular formula is C20H20N2OS. The summed E-state index contributed by atoms with van der Waals surface area (Å²) in [5, 5.41) is 3.92. The van der Waals surface area contributed by atoms with Gasteiger partial charge in [-0.2, -0.15) is 11.8 Å². The molecule has 1 aromatic heterocycles. The molecular weight excluding hydrogens is 316 g/mol. The molecule has 0 aliphatic carbocycles. The summed E-state index contributed by atoms with van der Waals surface area (Å²) in [5.41, 5.74) is 3.73. The summed E-state index contributed by atoms with van der Waals surface area (Å²) in [4.78, 5) is 17.0. The molecule has 0 aliphatic heterocycles. The molecule has 3 nitrogen and oxygen atoms in total. The first-order chi connectivity index (χ1) is 11.7. The van der Waals surface area contributed by atoms with E-state index < -0.39 is 0 Å². The molecule has 4 heteroatoms. The number of hydrogen-bond acceptors (Lipinski definition) is 3. The summed E-state index contributed by atoms with van der Waals surface area (Å²) >= 11 is 1.82. The summed E-state index contributed by atoms with van der Waals surface area (Å²) in [7, 11) is 0. The van der Waals surface area contributed by atoms with E-state index in [1.54, 1.807) is 0 Å². The third kappa shape index (κ3) is 4.15. The molecule has 3 aromatic rings. The Balaban J connectivity index is 1.56. The van der Waals surface area contributed by atoms with Gasteiger partial charge in [-0.25, -0.2) is 0 Å². The van der Waals surface area contributed by atoms with Crippen LogP contribution in [0.3, 0.4) is 0 Å². The number of fused-ring (bicyclic) bond motifs is 1. The number of nitrogens with zero attached hydrogens (tertiary/aromatic N) is 1. The third-order valence-corrected chi connectivity index (χ3v) is 4.76. The fourth-order valence-electron chi connectivity index (χ4n) is 2.59. The molecule has 2 aromatic carbocycles. The van der Waals surface area contributed by atoms with Gasteiger partial charge in [-0.05, 0) is 24.6 Å².